The van der Waals surface area contributed by atoms with Crippen LogP contribution < -0.4 is 4.74 Å². The van der Waals surface area contributed by atoms with Crippen molar-refractivity contribution in [3.63, 3.8) is 0 Å². The van der Waals surface area contributed by atoms with Crippen LogP contribution in [0.25, 0.3) is 11.1 Å². The van der Waals surface area contributed by atoms with E-state index in [2.05, 4.69) is 30.1 Å². The van der Waals surface area contributed by atoms with Crippen LogP contribution in [0, 0.1) is 0 Å². The second-order valence-corrected chi connectivity index (χ2v) is 7.58. The minimum atomic E-state index is -0.0971. The Kier molecular flexibility index (Phi) is 6.63. The van der Waals surface area contributed by atoms with Crippen molar-refractivity contribution in [2.75, 3.05) is 7.11 Å². The molecule has 0 aliphatic carbocycles. The highest BCUT2D eigenvalue weighted by Gasteiger charge is 2.18. The number of aryl methyl sites for hydroxylation is 3. The summed E-state index contributed by atoms with van der Waals surface area (Å²) in [5.74, 6) is 1.37. The van der Waals surface area contributed by atoms with Gasteiger partial charge in [0.05, 0.1) is 11.8 Å². The van der Waals surface area contributed by atoms with E-state index in [-0.39, 0.29) is 6.10 Å². The van der Waals surface area contributed by atoms with Gasteiger partial charge in [-0.3, -0.25) is 0 Å². The fraction of sp³-hybridized carbons (Fsp3) is 0.308. The van der Waals surface area contributed by atoms with Crippen LogP contribution in [0.4, 0.5) is 0 Å². The first-order valence-corrected chi connectivity index (χ1v) is 10.7. The molecule has 160 valence electrons. The summed E-state index contributed by atoms with van der Waals surface area (Å²) in [7, 11) is 1.71. The Morgan fingerprint density at radius 3 is 2.45 bits per heavy atom. The molecule has 0 aliphatic rings. The number of rotatable bonds is 9. The number of methoxy groups -OCH3 is 1. The van der Waals surface area contributed by atoms with E-state index < -0.39 is 0 Å². The lowest BCUT2D eigenvalue weighted by molar-refractivity contribution is 0.114. The highest BCUT2D eigenvalue weighted by Crippen LogP contribution is 2.28. The minimum Gasteiger partial charge on any atom is -0.473 e. The van der Waals surface area contributed by atoms with Crippen LogP contribution in [-0.2, 0) is 30.6 Å². The normalized spacial score (nSPS) is 12.2. The molecule has 4 aromatic rings. The fourth-order valence-corrected chi connectivity index (χ4v) is 3.64. The maximum Gasteiger partial charge on any atom is 0.217 e. The molecule has 0 aliphatic heterocycles. The van der Waals surface area contributed by atoms with Crippen molar-refractivity contribution in [1.82, 2.24) is 9.97 Å². The summed E-state index contributed by atoms with van der Waals surface area (Å²) in [6, 6.07) is 20.2. The molecule has 0 fully saturated rings. The molecule has 0 saturated heterocycles. The number of pyridine rings is 1. The molecule has 2 heterocycles. The second kappa shape index (κ2) is 9.75. The van der Waals surface area contributed by atoms with Gasteiger partial charge in [-0.1, -0.05) is 49.4 Å². The molecule has 1 unspecified atom stereocenters. The van der Waals surface area contributed by atoms with Gasteiger partial charge < -0.3 is 13.9 Å². The topological polar surface area (TPSA) is 57.4 Å². The highest BCUT2D eigenvalue weighted by atomic mass is 16.5. The van der Waals surface area contributed by atoms with E-state index in [0.717, 1.165) is 46.7 Å². The Labute approximate surface area is 183 Å². The summed E-state index contributed by atoms with van der Waals surface area (Å²) in [5.41, 5.74) is 5.97. The average Bonchev–Trinajstić information content (AvgIpc) is 3.24. The van der Waals surface area contributed by atoms with Crippen molar-refractivity contribution < 1.29 is 13.9 Å². The average molecular weight is 417 g/mol. The molecule has 1 atom stereocenters. The number of oxazole rings is 1. The molecule has 2 aromatic heterocycles. The lowest BCUT2D eigenvalue weighted by atomic mass is 10.0. The molecule has 0 bridgehead atoms. The number of benzene rings is 2. The second-order valence-electron chi connectivity index (χ2n) is 7.58. The smallest absolute Gasteiger partial charge is 0.217 e. The summed E-state index contributed by atoms with van der Waals surface area (Å²) in [5, 5.41) is 0. The van der Waals surface area contributed by atoms with E-state index in [0.29, 0.717) is 18.9 Å². The van der Waals surface area contributed by atoms with Gasteiger partial charge in [-0.25, -0.2) is 9.97 Å². The Morgan fingerprint density at radius 1 is 0.935 bits per heavy atom. The van der Waals surface area contributed by atoms with Gasteiger partial charge in [0.25, 0.3) is 0 Å². The van der Waals surface area contributed by atoms with E-state index in [1.807, 2.05) is 49.4 Å². The predicted octanol–water partition coefficient (Wildman–Crippen LogP) is 5.86. The predicted molar refractivity (Wildman–Crippen MR) is 121 cm³/mol. The van der Waals surface area contributed by atoms with Crippen molar-refractivity contribution in [2.45, 2.75) is 45.8 Å². The highest BCUT2D eigenvalue weighted by molar-refractivity contribution is 5.72. The summed E-state index contributed by atoms with van der Waals surface area (Å²) >= 11 is 0. The van der Waals surface area contributed by atoms with Gasteiger partial charge in [0.2, 0.25) is 5.88 Å². The van der Waals surface area contributed by atoms with Gasteiger partial charge in [0.15, 0.2) is 11.5 Å². The van der Waals surface area contributed by atoms with E-state index in [1.165, 1.54) is 5.56 Å². The van der Waals surface area contributed by atoms with Gasteiger partial charge in [0.1, 0.15) is 12.1 Å². The van der Waals surface area contributed by atoms with Gasteiger partial charge in [0, 0.05) is 19.1 Å². The van der Waals surface area contributed by atoms with Crippen molar-refractivity contribution in [3.05, 3.63) is 88.9 Å². The number of hydrogen-bond donors (Lipinski definition) is 0. The first-order chi connectivity index (χ1) is 15.2. The number of nitrogens with zero attached hydrogens (tertiary/aromatic N) is 2. The molecule has 0 saturated carbocycles. The van der Waals surface area contributed by atoms with Gasteiger partial charge in [-0.15, -0.1) is 0 Å². The van der Waals surface area contributed by atoms with Crippen molar-refractivity contribution in [3.8, 4) is 5.88 Å². The molecule has 5 nitrogen and oxygen atoms in total. The van der Waals surface area contributed by atoms with Gasteiger partial charge >= 0.3 is 0 Å². The van der Waals surface area contributed by atoms with Crippen molar-refractivity contribution in [1.29, 1.82) is 0 Å². The first kappa shape index (κ1) is 21.1. The van der Waals surface area contributed by atoms with Gasteiger partial charge in [-0.05, 0) is 49.1 Å². The first-order valence-electron chi connectivity index (χ1n) is 10.7. The van der Waals surface area contributed by atoms with Crippen LogP contribution in [0.15, 0.2) is 65.1 Å². The molecule has 5 heteroatoms. The third-order valence-corrected chi connectivity index (χ3v) is 5.46. The molecule has 0 amide bonds. The zero-order chi connectivity index (χ0) is 21.6. The number of ether oxygens (including phenoxy) is 2. The van der Waals surface area contributed by atoms with Crippen LogP contribution in [-0.4, -0.2) is 17.1 Å². The Bertz CT molecular complexity index is 1110. The molecular formula is C26H28N2O3. The molecule has 0 radical (unpaired) electrons. The molecular weight excluding hydrogens is 388 g/mol. The maximum absolute atomic E-state index is 6.19. The quantitative estimate of drug-likeness (QED) is 0.342. The monoisotopic (exact) mass is 416 g/mol. The molecule has 0 N–H and O–H groups in total. The lowest BCUT2D eigenvalue weighted by Crippen LogP contribution is -2.10. The third-order valence-electron chi connectivity index (χ3n) is 5.46. The van der Waals surface area contributed by atoms with Crippen LogP contribution in [0.5, 0.6) is 5.88 Å². The fourth-order valence-electron chi connectivity index (χ4n) is 3.64. The van der Waals surface area contributed by atoms with Crippen molar-refractivity contribution >= 4 is 11.1 Å². The van der Waals surface area contributed by atoms with E-state index in [9.17, 15) is 0 Å². The van der Waals surface area contributed by atoms with E-state index >= 15 is 0 Å². The number of aromatic nitrogens is 2. The summed E-state index contributed by atoms with van der Waals surface area (Å²) < 4.78 is 17.6. The SMILES string of the molecule is CCc1cc(CCc2nc3ccccc3o2)c(OCc2ccccc2)nc1C(C)OC. The standard InChI is InChI=1S/C26H28N2O3/c1-4-20-16-21(14-15-24-27-22-12-8-9-13-23(22)31-24)26(28-25(20)18(2)29-3)30-17-19-10-6-5-7-11-19/h5-13,16,18H,4,14-15,17H2,1-3H3. The van der Waals surface area contributed by atoms with Crippen molar-refractivity contribution in [2.24, 2.45) is 0 Å². The molecule has 0 spiro atoms. The van der Waals surface area contributed by atoms with Crippen LogP contribution in [0.3, 0.4) is 0 Å². The summed E-state index contributed by atoms with van der Waals surface area (Å²) in [6.07, 6.45) is 2.20. The molecule has 2 aromatic carbocycles. The number of hydrogen-bond acceptors (Lipinski definition) is 5. The van der Waals surface area contributed by atoms with Crippen LogP contribution >= 0.6 is 0 Å². The molecule has 31 heavy (non-hydrogen) atoms. The van der Waals surface area contributed by atoms with Crippen LogP contribution in [0.2, 0.25) is 0 Å². The zero-order valence-corrected chi connectivity index (χ0v) is 18.3. The molecule has 4 rings (SSSR count). The summed E-state index contributed by atoms with van der Waals surface area (Å²) in [4.78, 5) is 9.49. The van der Waals surface area contributed by atoms with E-state index in [4.69, 9.17) is 18.9 Å². The van der Waals surface area contributed by atoms with Gasteiger partial charge in [-0.2, -0.15) is 0 Å². The number of fused-ring (bicyclic) bond motifs is 1. The Hall–Kier alpha value is -3.18. The lowest BCUT2D eigenvalue weighted by Gasteiger charge is -2.18. The largest absolute Gasteiger partial charge is 0.473 e. The Morgan fingerprint density at radius 2 is 1.71 bits per heavy atom. The Balaban J connectivity index is 1.61. The zero-order valence-electron chi connectivity index (χ0n) is 18.3. The maximum atomic E-state index is 6.19. The number of para-hydroxylation sites is 2. The van der Waals surface area contributed by atoms with Crippen LogP contribution in [0.1, 0.15) is 48.2 Å². The minimum absolute atomic E-state index is 0.0971. The van der Waals surface area contributed by atoms with E-state index in [1.54, 1.807) is 7.11 Å². The summed E-state index contributed by atoms with van der Waals surface area (Å²) in [6.45, 7) is 4.62. The third kappa shape index (κ3) is 4.94.